The summed E-state index contributed by atoms with van der Waals surface area (Å²) in [5.41, 5.74) is 6.14. The van der Waals surface area contributed by atoms with Crippen molar-refractivity contribution in [2.75, 3.05) is 11.9 Å². The van der Waals surface area contributed by atoms with E-state index in [4.69, 9.17) is 4.74 Å². The zero-order valence-electron chi connectivity index (χ0n) is 16.2. The lowest BCUT2D eigenvalue weighted by molar-refractivity contribution is 0.0947. The average molecular weight is 370 g/mol. The lowest BCUT2D eigenvalue weighted by atomic mass is 9.74. The highest BCUT2D eigenvalue weighted by molar-refractivity contribution is 6.03. The summed E-state index contributed by atoms with van der Waals surface area (Å²) < 4.78 is 6.32. The molecule has 1 spiro atoms. The molecule has 2 N–H and O–H groups in total. The normalized spacial score (nSPS) is 18.8. The minimum atomic E-state index is -0.772. The van der Waals surface area contributed by atoms with Crippen LogP contribution in [0.3, 0.4) is 0 Å². The van der Waals surface area contributed by atoms with Crippen molar-refractivity contribution in [1.82, 2.24) is 5.32 Å². The number of anilines is 1. The number of hydrogen-bond acceptors (Lipinski definition) is 3. The van der Waals surface area contributed by atoms with Gasteiger partial charge in [0.05, 0.1) is 5.56 Å². The minimum Gasteiger partial charge on any atom is -0.456 e. The zero-order chi connectivity index (χ0) is 19.5. The second-order valence-corrected chi connectivity index (χ2v) is 7.51. The molecule has 0 radical (unpaired) electrons. The van der Waals surface area contributed by atoms with Crippen molar-refractivity contribution in [3.63, 3.8) is 0 Å². The number of ether oxygens (including phenoxy) is 1. The van der Waals surface area contributed by atoms with Gasteiger partial charge < -0.3 is 15.4 Å². The third-order valence-corrected chi connectivity index (χ3v) is 5.74. The topological polar surface area (TPSA) is 50.4 Å². The Hall–Kier alpha value is -3.27. The molecule has 0 fully saturated rings. The maximum Gasteiger partial charge on any atom is 0.252 e. The Balaban J connectivity index is 1.94. The van der Waals surface area contributed by atoms with Gasteiger partial charge in [-0.3, -0.25) is 4.79 Å². The van der Waals surface area contributed by atoms with Crippen LogP contribution in [0.15, 0.2) is 54.6 Å². The Bertz CT molecular complexity index is 1140. The molecule has 3 aromatic rings. The van der Waals surface area contributed by atoms with Gasteiger partial charge in [0.1, 0.15) is 17.0 Å². The van der Waals surface area contributed by atoms with E-state index in [-0.39, 0.29) is 5.91 Å². The summed E-state index contributed by atoms with van der Waals surface area (Å²) in [6.07, 6.45) is 0. The highest BCUT2D eigenvalue weighted by Crippen LogP contribution is 2.56. The smallest absolute Gasteiger partial charge is 0.252 e. The molecule has 4 heteroatoms. The van der Waals surface area contributed by atoms with Crippen LogP contribution in [0.4, 0.5) is 5.69 Å². The van der Waals surface area contributed by atoms with Gasteiger partial charge in [-0.05, 0) is 56.2 Å². The van der Waals surface area contributed by atoms with Gasteiger partial charge in [-0.15, -0.1) is 0 Å². The molecule has 0 saturated heterocycles. The minimum absolute atomic E-state index is 0.0557. The summed E-state index contributed by atoms with van der Waals surface area (Å²) in [4.78, 5) is 13.0. The Morgan fingerprint density at radius 3 is 2.61 bits per heavy atom. The largest absolute Gasteiger partial charge is 0.456 e. The predicted molar refractivity (Wildman–Crippen MR) is 110 cm³/mol. The van der Waals surface area contributed by atoms with E-state index in [1.807, 2.05) is 42.5 Å². The van der Waals surface area contributed by atoms with Crippen LogP contribution in [-0.4, -0.2) is 12.5 Å². The van der Waals surface area contributed by atoms with E-state index in [2.05, 4.69) is 43.5 Å². The number of benzene rings is 3. The number of rotatable bonds is 2. The van der Waals surface area contributed by atoms with E-state index in [0.29, 0.717) is 5.56 Å². The van der Waals surface area contributed by atoms with Gasteiger partial charge >= 0.3 is 0 Å². The van der Waals surface area contributed by atoms with E-state index < -0.39 is 5.54 Å². The summed E-state index contributed by atoms with van der Waals surface area (Å²) in [5, 5.41) is 6.86. The summed E-state index contributed by atoms with van der Waals surface area (Å²) in [7, 11) is 0. The van der Waals surface area contributed by atoms with Crippen LogP contribution in [-0.2, 0) is 5.54 Å². The highest BCUT2D eigenvalue weighted by atomic mass is 16.5. The third kappa shape index (κ3) is 2.09. The Morgan fingerprint density at radius 1 is 1.00 bits per heavy atom. The van der Waals surface area contributed by atoms with Crippen LogP contribution >= 0.6 is 0 Å². The molecule has 2 aliphatic rings. The molecule has 4 nitrogen and oxygen atoms in total. The molecule has 5 rings (SSSR count). The van der Waals surface area contributed by atoms with Crippen LogP contribution in [0, 0.1) is 13.8 Å². The van der Waals surface area contributed by atoms with Crippen molar-refractivity contribution in [2.45, 2.75) is 26.3 Å². The van der Waals surface area contributed by atoms with Gasteiger partial charge in [0.25, 0.3) is 5.91 Å². The van der Waals surface area contributed by atoms with E-state index in [1.54, 1.807) is 0 Å². The fourth-order valence-corrected chi connectivity index (χ4v) is 4.55. The number of amides is 1. The highest BCUT2D eigenvalue weighted by Gasteiger charge is 2.52. The van der Waals surface area contributed by atoms with E-state index in [9.17, 15) is 4.79 Å². The molecule has 0 bridgehead atoms. The van der Waals surface area contributed by atoms with Crippen LogP contribution < -0.4 is 15.4 Å². The van der Waals surface area contributed by atoms with Crippen LogP contribution in [0.2, 0.25) is 0 Å². The Kier molecular flexibility index (Phi) is 3.53. The quantitative estimate of drug-likeness (QED) is 0.676. The molecule has 2 aliphatic heterocycles. The van der Waals surface area contributed by atoms with Crippen molar-refractivity contribution in [3.05, 3.63) is 88.0 Å². The molecule has 1 amide bonds. The summed E-state index contributed by atoms with van der Waals surface area (Å²) in [6, 6.07) is 18.1. The molecule has 2 heterocycles. The second-order valence-electron chi connectivity index (χ2n) is 7.51. The van der Waals surface area contributed by atoms with Crippen LogP contribution in [0.5, 0.6) is 11.5 Å². The number of aryl methyl sites for hydroxylation is 2. The summed E-state index contributed by atoms with van der Waals surface area (Å²) in [5.74, 6) is 1.50. The number of carbonyl (C=O) groups is 1. The molecule has 0 saturated carbocycles. The first-order valence-electron chi connectivity index (χ1n) is 9.65. The number of hydrogen-bond donors (Lipinski definition) is 2. The first kappa shape index (κ1) is 16.9. The average Bonchev–Trinajstić information content (AvgIpc) is 2.99. The molecule has 140 valence electrons. The molecular formula is C24H22N2O2. The van der Waals surface area contributed by atoms with E-state index >= 15 is 0 Å². The van der Waals surface area contributed by atoms with Gasteiger partial charge in [-0.1, -0.05) is 35.9 Å². The third-order valence-electron chi connectivity index (χ3n) is 5.74. The molecule has 1 unspecified atom stereocenters. The van der Waals surface area contributed by atoms with Gasteiger partial charge in [0.2, 0.25) is 0 Å². The maximum absolute atomic E-state index is 13.0. The first-order chi connectivity index (χ1) is 13.6. The fourth-order valence-electron chi connectivity index (χ4n) is 4.55. The monoisotopic (exact) mass is 370 g/mol. The Labute approximate surface area is 164 Å². The lowest BCUT2D eigenvalue weighted by Gasteiger charge is -2.40. The van der Waals surface area contributed by atoms with Crippen LogP contribution in [0.25, 0.3) is 0 Å². The summed E-state index contributed by atoms with van der Waals surface area (Å²) in [6.45, 7) is 7.01. The van der Waals surface area contributed by atoms with Crippen molar-refractivity contribution in [2.24, 2.45) is 0 Å². The standard InChI is InChI=1S/C24H22N2O2/c1-4-25-22-15(3)10-12-20-21(22)24(18-13-14(2)9-11-19(18)28-20)17-8-6-5-7-16(17)23(27)26-24/h5-13,25H,4H2,1-3H3,(H,26,27). The number of nitrogens with one attached hydrogen (secondary N) is 2. The first-order valence-corrected chi connectivity index (χ1v) is 9.65. The summed E-state index contributed by atoms with van der Waals surface area (Å²) >= 11 is 0. The van der Waals surface area contributed by atoms with Crippen molar-refractivity contribution >= 4 is 11.6 Å². The molecule has 3 aromatic carbocycles. The van der Waals surface area contributed by atoms with Crippen molar-refractivity contribution < 1.29 is 9.53 Å². The SMILES string of the molecule is CCNc1c(C)ccc2c1C1(NC(=O)c3ccccc31)c1cc(C)ccc1O2. The fraction of sp³-hybridized carbons (Fsp3) is 0.208. The Morgan fingerprint density at radius 2 is 1.79 bits per heavy atom. The van der Waals surface area contributed by atoms with Crippen molar-refractivity contribution in [3.8, 4) is 11.5 Å². The molecule has 1 atom stereocenters. The lowest BCUT2D eigenvalue weighted by Crippen LogP contribution is -2.44. The van der Waals surface area contributed by atoms with E-state index in [0.717, 1.165) is 51.5 Å². The molecular weight excluding hydrogens is 348 g/mol. The molecule has 0 aromatic heterocycles. The number of carbonyl (C=O) groups excluding carboxylic acids is 1. The molecule has 28 heavy (non-hydrogen) atoms. The number of fused-ring (bicyclic) bond motifs is 6. The van der Waals surface area contributed by atoms with Crippen LogP contribution in [0.1, 0.15) is 45.1 Å². The second kappa shape index (κ2) is 5.86. The maximum atomic E-state index is 13.0. The molecule has 0 aliphatic carbocycles. The van der Waals surface area contributed by atoms with Gasteiger partial charge in [0, 0.05) is 23.4 Å². The van der Waals surface area contributed by atoms with E-state index in [1.165, 1.54) is 0 Å². The van der Waals surface area contributed by atoms with Gasteiger partial charge in [-0.2, -0.15) is 0 Å². The zero-order valence-corrected chi connectivity index (χ0v) is 16.2. The van der Waals surface area contributed by atoms with Gasteiger partial charge in [-0.25, -0.2) is 0 Å². The van der Waals surface area contributed by atoms with Crippen molar-refractivity contribution in [1.29, 1.82) is 0 Å². The van der Waals surface area contributed by atoms with Gasteiger partial charge in [0.15, 0.2) is 0 Å². The predicted octanol–water partition coefficient (Wildman–Crippen LogP) is 4.88.